The Kier molecular flexibility index (Phi) is 10.2. The first kappa shape index (κ1) is 33.2. The number of carbonyl (C=O) groups excluding carboxylic acids is 2. The number of carbonyl (C=O) groups is 2. The van der Waals surface area contributed by atoms with Crippen LogP contribution >= 0.6 is 11.3 Å². The average Bonchev–Trinajstić information content (AvgIpc) is 3.34. The zero-order valence-corrected chi connectivity index (χ0v) is 25.8. The first-order valence-electron chi connectivity index (χ1n) is 11.9. The van der Waals surface area contributed by atoms with Crippen LogP contribution in [0.15, 0.2) is 18.0 Å². The third kappa shape index (κ3) is 6.49. The number of methoxy groups -OCH3 is 2. The molecule has 2 rings (SSSR count). The normalized spacial score (nSPS) is 12.6. The van der Waals surface area contributed by atoms with Crippen molar-refractivity contribution in [2.75, 3.05) is 14.2 Å². The maximum Gasteiger partial charge on any atom is 0.534 e. The van der Waals surface area contributed by atoms with Crippen LogP contribution in [0.25, 0.3) is 16.3 Å². The molecule has 10 nitrogen and oxygen atoms in total. The van der Waals surface area contributed by atoms with Crippen molar-refractivity contribution in [1.29, 1.82) is 0 Å². The quantitative estimate of drug-likeness (QED) is 0.0940. The Morgan fingerprint density at radius 1 is 0.950 bits per heavy atom. The number of rotatable bonds is 11. The van der Waals surface area contributed by atoms with Gasteiger partial charge in [0, 0.05) is 10.9 Å². The minimum absolute atomic E-state index is 0.0178. The summed E-state index contributed by atoms with van der Waals surface area (Å²) in [6.07, 6.45) is 0. The predicted molar refractivity (Wildman–Crippen MR) is 145 cm³/mol. The third-order valence-electron chi connectivity index (χ3n) is 6.25. The topological polar surface area (TPSA) is 131 Å². The number of hydrogen-bond acceptors (Lipinski definition) is 11. The van der Waals surface area contributed by atoms with Crippen molar-refractivity contribution in [3.63, 3.8) is 0 Å². The second-order valence-electron chi connectivity index (χ2n) is 9.58. The highest BCUT2D eigenvalue weighted by molar-refractivity contribution is 7.88. The maximum absolute atomic E-state index is 13.2. The number of nitrogens with zero attached hydrogens (tertiary/aromatic N) is 2. The Labute approximate surface area is 235 Å². The van der Waals surface area contributed by atoms with E-state index in [0.29, 0.717) is 0 Å². The Balaban J connectivity index is 2.91. The van der Waals surface area contributed by atoms with E-state index < -0.39 is 47.3 Å². The standard InChI is InChI=1S/C24H31F3N2O8S2Si/c1-12(2)40(13(3)4,14(5)6)37-15(7)19-16(21-28-17(11-38-21)22(30)34-8)10-18(20(29-19)23(31)35-9)36-39(32,33)24(25,26)27/h10-14H,7H2,1-6,8-9H3. The first-order valence-corrected chi connectivity index (χ1v) is 16.3. The highest BCUT2D eigenvalue weighted by Crippen LogP contribution is 2.46. The maximum atomic E-state index is 13.2. The van der Waals surface area contributed by atoms with E-state index in [2.05, 4.69) is 30.2 Å². The SMILES string of the molecule is C=C(O[Si](C(C)C)(C(C)C)C(C)C)c1nc(C(=O)OC)c(OS(=O)(=O)C(F)(F)F)cc1-c1nc(C(=O)OC)cs1. The largest absolute Gasteiger partial charge is 0.542 e. The summed E-state index contributed by atoms with van der Waals surface area (Å²) in [4.78, 5) is 32.9. The Morgan fingerprint density at radius 3 is 1.93 bits per heavy atom. The average molecular weight is 625 g/mol. The van der Waals surface area contributed by atoms with Gasteiger partial charge in [0.05, 0.1) is 14.2 Å². The summed E-state index contributed by atoms with van der Waals surface area (Å²) in [5.74, 6) is -3.16. The number of hydrogen-bond donors (Lipinski definition) is 0. The summed E-state index contributed by atoms with van der Waals surface area (Å²) in [5, 5.41) is 1.34. The van der Waals surface area contributed by atoms with E-state index in [1.165, 1.54) is 5.38 Å². The van der Waals surface area contributed by atoms with E-state index in [-0.39, 0.29) is 44.3 Å². The molecule has 0 aliphatic heterocycles. The second-order valence-corrected chi connectivity index (χ2v) is 17.3. The highest BCUT2D eigenvalue weighted by atomic mass is 32.2. The molecule has 0 aromatic carbocycles. The fourth-order valence-electron chi connectivity index (χ4n) is 4.55. The molecule has 0 spiro atoms. The van der Waals surface area contributed by atoms with Crippen LogP contribution in [-0.2, 0) is 24.0 Å². The molecule has 0 atom stereocenters. The molecule has 0 unspecified atom stereocenters. The van der Waals surface area contributed by atoms with Crippen LogP contribution in [0.5, 0.6) is 5.75 Å². The number of ether oxygens (including phenoxy) is 2. The predicted octanol–water partition coefficient (Wildman–Crippen LogP) is 6.17. The lowest BCUT2D eigenvalue weighted by atomic mass is 10.1. The highest BCUT2D eigenvalue weighted by Gasteiger charge is 2.50. The molecular weight excluding hydrogens is 593 g/mol. The molecule has 0 saturated carbocycles. The lowest BCUT2D eigenvalue weighted by molar-refractivity contribution is -0.0500. The molecule has 0 saturated heterocycles. The molecule has 222 valence electrons. The van der Waals surface area contributed by atoms with Crippen molar-refractivity contribution in [1.82, 2.24) is 9.97 Å². The summed E-state index contributed by atoms with van der Waals surface area (Å²) in [6.45, 7) is 16.1. The fourth-order valence-corrected chi connectivity index (χ4v) is 11.0. The molecule has 0 aliphatic carbocycles. The monoisotopic (exact) mass is 624 g/mol. The van der Waals surface area contributed by atoms with Crippen molar-refractivity contribution in [3.05, 3.63) is 35.1 Å². The zero-order chi connectivity index (χ0) is 30.8. The Bertz CT molecular complexity index is 1370. The number of thiazole rings is 1. The number of esters is 2. The molecule has 2 heterocycles. The molecule has 0 bridgehead atoms. The van der Waals surface area contributed by atoms with E-state index >= 15 is 0 Å². The van der Waals surface area contributed by atoms with Crippen molar-refractivity contribution in [2.45, 2.75) is 63.7 Å². The van der Waals surface area contributed by atoms with Crippen LogP contribution in [0.1, 0.15) is 68.2 Å². The summed E-state index contributed by atoms with van der Waals surface area (Å²) >= 11 is 0.886. The van der Waals surface area contributed by atoms with E-state index in [9.17, 15) is 31.2 Å². The van der Waals surface area contributed by atoms with Gasteiger partial charge in [-0.25, -0.2) is 19.6 Å². The van der Waals surface area contributed by atoms with Crippen LogP contribution in [0, 0.1) is 0 Å². The van der Waals surface area contributed by atoms with Crippen LogP contribution in [0.2, 0.25) is 16.6 Å². The fraction of sp³-hybridized carbons (Fsp3) is 0.500. The molecule has 0 amide bonds. The van der Waals surface area contributed by atoms with Gasteiger partial charge in [-0.15, -0.1) is 11.3 Å². The number of alkyl halides is 3. The Morgan fingerprint density at radius 2 is 1.48 bits per heavy atom. The lowest BCUT2D eigenvalue weighted by Gasteiger charge is -2.42. The van der Waals surface area contributed by atoms with E-state index in [4.69, 9.17) is 4.43 Å². The van der Waals surface area contributed by atoms with Gasteiger partial charge in [-0.2, -0.15) is 21.6 Å². The van der Waals surface area contributed by atoms with Crippen LogP contribution in [-0.4, -0.2) is 58.4 Å². The molecule has 40 heavy (non-hydrogen) atoms. The van der Waals surface area contributed by atoms with E-state index in [1.54, 1.807) is 0 Å². The molecule has 0 radical (unpaired) electrons. The second kappa shape index (κ2) is 12.3. The molecule has 0 fully saturated rings. The van der Waals surface area contributed by atoms with E-state index in [1.807, 2.05) is 41.5 Å². The minimum Gasteiger partial charge on any atom is -0.542 e. The Hall–Kier alpha value is -2.98. The van der Waals surface area contributed by atoms with Crippen molar-refractivity contribution in [3.8, 4) is 16.3 Å². The van der Waals surface area contributed by atoms with Crippen LogP contribution < -0.4 is 4.18 Å². The number of halogens is 3. The van der Waals surface area contributed by atoms with Crippen molar-refractivity contribution < 1.29 is 49.3 Å². The summed E-state index contributed by atoms with van der Waals surface area (Å²) in [7, 11) is -6.81. The molecule has 2 aromatic heterocycles. The van der Waals surface area contributed by atoms with Gasteiger partial charge in [-0.1, -0.05) is 48.1 Å². The number of pyridine rings is 1. The molecule has 2 aromatic rings. The van der Waals surface area contributed by atoms with Gasteiger partial charge in [-0.05, 0) is 22.7 Å². The zero-order valence-electron chi connectivity index (χ0n) is 23.2. The third-order valence-corrected chi connectivity index (χ3v) is 14.1. The molecule has 16 heteroatoms. The summed E-state index contributed by atoms with van der Waals surface area (Å²) in [6, 6.07) is 0.843. The van der Waals surface area contributed by atoms with Crippen LogP contribution in [0.4, 0.5) is 13.2 Å². The van der Waals surface area contributed by atoms with Gasteiger partial charge in [0.25, 0.3) is 8.32 Å². The van der Waals surface area contributed by atoms with Gasteiger partial charge < -0.3 is 18.1 Å². The van der Waals surface area contributed by atoms with Gasteiger partial charge in [-0.3, -0.25) is 0 Å². The lowest BCUT2D eigenvalue weighted by Crippen LogP contribution is -2.47. The van der Waals surface area contributed by atoms with Gasteiger partial charge in [0.15, 0.2) is 17.1 Å². The molecular formula is C24H31F3N2O8S2Si. The summed E-state index contributed by atoms with van der Waals surface area (Å²) < 4.78 is 83.4. The van der Waals surface area contributed by atoms with Gasteiger partial charge in [0.1, 0.15) is 16.5 Å². The van der Waals surface area contributed by atoms with Crippen LogP contribution in [0.3, 0.4) is 0 Å². The number of aromatic nitrogens is 2. The molecule has 0 aliphatic rings. The summed E-state index contributed by atoms with van der Waals surface area (Å²) in [5.41, 5.74) is -6.77. The van der Waals surface area contributed by atoms with E-state index in [0.717, 1.165) is 31.6 Å². The van der Waals surface area contributed by atoms with Crippen molar-refractivity contribution >= 4 is 47.5 Å². The first-order chi connectivity index (χ1) is 18.3. The van der Waals surface area contributed by atoms with Gasteiger partial charge >= 0.3 is 27.6 Å². The molecule has 0 N–H and O–H groups in total. The smallest absolute Gasteiger partial charge is 0.534 e. The van der Waals surface area contributed by atoms with Gasteiger partial charge in [0.2, 0.25) is 0 Å². The van der Waals surface area contributed by atoms with Crippen molar-refractivity contribution in [2.24, 2.45) is 0 Å². The minimum atomic E-state index is -6.21.